The first-order valence-corrected chi connectivity index (χ1v) is 5.31. The average molecular weight is 217 g/mol. The van der Waals surface area contributed by atoms with Gasteiger partial charge in [0.15, 0.2) is 0 Å². The number of aromatic nitrogens is 2. The first kappa shape index (κ1) is 10.8. The van der Waals surface area contributed by atoms with Crippen LogP contribution in [-0.2, 0) is 6.42 Å². The SMILES string of the molecule is Cc1ccccc1-c1nnc(CC(C)N)o1. The molecular formula is C12H15N3O. The highest BCUT2D eigenvalue weighted by Crippen LogP contribution is 2.21. The van der Waals surface area contributed by atoms with Crippen LogP contribution < -0.4 is 5.73 Å². The van der Waals surface area contributed by atoms with Gasteiger partial charge in [0, 0.05) is 18.0 Å². The Morgan fingerprint density at radius 2 is 2.06 bits per heavy atom. The Labute approximate surface area is 94.5 Å². The van der Waals surface area contributed by atoms with Gasteiger partial charge in [-0.15, -0.1) is 10.2 Å². The molecule has 0 aliphatic rings. The lowest BCUT2D eigenvalue weighted by Gasteiger charge is -2.00. The van der Waals surface area contributed by atoms with Crippen molar-refractivity contribution >= 4 is 0 Å². The molecule has 0 bridgehead atoms. The van der Waals surface area contributed by atoms with E-state index in [1.54, 1.807) is 0 Å². The number of hydrogen-bond donors (Lipinski definition) is 1. The van der Waals surface area contributed by atoms with E-state index in [4.69, 9.17) is 10.2 Å². The number of nitrogens with two attached hydrogens (primary N) is 1. The highest BCUT2D eigenvalue weighted by molar-refractivity contribution is 5.57. The van der Waals surface area contributed by atoms with Gasteiger partial charge in [-0.05, 0) is 25.5 Å². The van der Waals surface area contributed by atoms with Crippen molar-refractivity contribution < 1.29 is 4.42 Å². The quantitative estimate of drug-likeness (QED) is 0.853. The van der Waals surface area contributed by atoms with Crippen LogP contribution in [0.25, 0.3) is 11.5 Å². The van der Waals surface area contributed by atoms with Crippen LogP contribution in [0, 0.1) is 6.92 Å². The summed E-state index contributed by atoms with van der Waals surface area (Å²) in [7, 11) is 0. The molecule has 2 aromatic rings. The van der Waals surface area contributed by atoms with E-state index in [0.717, 1.165) is 11.1 Å². The molecule has 1 aromatic carbocycles. The molecule has 1 atom stereocenters. The van der Waals surface area contributed by atoms with E-state index in [2.05, 4.69) is 10.2 Å². The fourth-order valence-corrected chi connectivity index (χ4v) is 1.53. The summed E-state index contributed by atoms with van der Waals surface area (Å²) in [4.78, 5) is 0. The molecule has 0 saturated carbocycles. The normalized spacial score (nSPS) is 12.7. The van der Waals surface area contributed by atoms with Crippen molar-refractivity contribution in [3.63, 3.8) is 0 Å². The van der Waals surface area contributed by atoms with Crippen LogP contribution in [0.5, 0.6) is 0 Å². The van der Waals surface area contributed by atoms with Gasteiger partial charge in [-0.2, -0.15) is 0 Å². The predicted molar refractivity (Wildman–Crippen MR) is 61.8 cm³/mol. The zero-order valence-corrected chi connectivity index (χ0v) is 9.47. The van der Waals surface area contributed by atoms with Crippen molar-refractivity contribution in [2.75, 3.05) is 0 Å². The van der Waals surface area contributed by atoms with E-state index in [1.165, 1.54) is 0 Å². The van der Waals surface area contributed by atoms with Crippen molar-refractivity contribution in [3.05, 3.63) is 35.7 Å². The maximum Gasteiger partial charge on any atom is 0.247 e. The number of rotatable bonds is 3. The summed E-state index contributed by atoms with van der Waals surface area (Å²) >= 11 is 0. The van der Waals surface area contributed by atoms with E-state index in [9.17, 15) is 0 Å². The molecule has 0 fully saturated rings. The highest BCUT2D eigenvalue weighted by Gasteiger charge is 2.11. The average Bonchev–Trinajstić information content (AvgIpc) is 2.66. The molecule has 16 heavy (non-hydrogen) atoms. The second-order valence-electron chi connectivity index (χ2n) is 4.00. The summed E-state index contributed by atoms with van der Waals surface area (Å²) in [5, 5.41) is 8.01. The molecule has 0 spiro atoms. The Morgan fingerprint density at radius 3 is 2.75 bits per heavy atom. The van der Waals surface area contributed by atoms with Crippen LogP contribution in [0.3, 0.4) is 0 Å². The maximum absolute atomic E-state index is 5.67. The third-order valence-corrected chi connectivity index (χ3v) is 2.34. The monoisotopic (exact) mass is 217 g/mol. The van der Waals surface area contributed by atoms with E-state index >= 15 is 0 Å². The molecule has 1 aromatic heterocycles. The van der Waals surface area contributed by atoms with Gasteiger partial charge in [0.1, 0.15) is 0 Å². The second-order valence-corrected chi connectivity index (χ2v) is 4.00. The Hall–Kier alpha value is -1.68. The fourth-order valence-electron chi connectivity index (χ4n) is 1.53. The number of hydrogen-bond acceptors (Lipinski definition) is 4. The molecule has 0 aliphatic carbocycles. The summed E-state index contributed by atoms with van der Waals surface area (Å²) in [6.07, 6.45) is 0.610. The number of aryl methyl sites for hydroxylation is 1. The van der Waals surface area contributed by atoms with E-state index in [0.29, 0.717) is 18.2 Å². The Morgan fingerprint density at radius 1 is 1.31 bits per heavy atom. The standard InChI is InChI=1S/C12H15N3O/c1-8-5-3-4-6-10(8)12-15-14-11(16-12)7-9(2)13/h3-6,9H,7,13H2,1-2H3. The summed E-state index contributed by atoms with van der Waals surface area (Å²) in [6, 6.07) is 7.96. The predicted octanol–water partition coefficient (Wildman–Crippen LogP) is 1.93. The Bertz CT molecular complexity index is 477. The molecule has 84 valence electrons. The zero-order valence-electron chi connectivity index (χ0n) is 9.47. The Balaban J connectivity index is 2.28. The zero-order chi connectivity index (χ0) is 11.5. The van der Waals surface area contributed by atoms with Gasteiger partial charge in [-0.25, -0.2) is 0 Å². The minimum Gasteiger partial charge on any atom is -0.421 e. The lowest BCUT2D eigenvalue weighted by molar-refractivity contribution is 0.487. The minimum atomic E-state index is 0.0326. The molecule has 0 radical (unpaired) electrons. The highest BCUT2D eigenvalue weighted by atomic mass is 16.4. The first-order chi connectivity index (χ1) is 7.66. The fraction of sp³-hybridized carbons (Fsp3) is 0.333. The van der Waals surface area contributed by atoms with Crippen molar-refractivity contribution in [2.45, 2.75) is 26.3 Å². The van der Waals surface area contributed by atoms with Crippen molar-refractivity contribution in [3.8, 4) is 11.5 Å². The minimum absolute atomic E-state index is 0.0326. The topological polar surface area (TPSA) is 64.9 Å². The Kier molecular flexibility index (Phi) is 3.01. The first-order valence-electron chi connectivity index (χ1n) is 5.31. The van der Waals surface area contributed by atoms with E-state index in [-0.39, 0.29) is 6.04 Å². The molecule has 0 amide bonds. The van der Waals surface area contributed by atoms with Crippen LogP contribution in [0.15, 0.2) is 28.7 Å². The van der Waals surface area contributed by atoms with E-state index < -0.39 is 0 Å². The third kappa shape index (κ3) is 2.28. The van der Waals surface area contributed by atoms with Crippen molar-refractivity contribution in [1.82, 2.24) is 10.2 Å². The summed E-state index contributed by atoms with van der Waals surface area (Å²) in [6.45, 7) is 3.93. The summed E-state index contributed by atoms with van der Waals surface area (Å²) < 4.78 is 5.56. The molecule has 4 heteroatoms. The molecule has 1 unspecified atom stereocenters. The van der Waals surface area contributed by atoms with Gasteiger partial charge < -0.3 is 10.2 Å². The number of nitrogens with zero attached hydrogens (tertiary/aromatic N) is 2. The molecule has 0 saturated heterocycles. The molecule has 2 rings (SSSR count). The van der Waals surface area contributed by atoms with E-state index in [1.807, 2.05) is 38.1 Å². The maximum atomic E-state index is 5.67. The van der Waals surface area contributed by atoms with Gasteiger partial charge in [0.05, 0.1) is 0 Å². The van der Waals surface area contributed by atoms with Gasteiger partial charge in [-0.1, -0.05) is 18.2 Å². The molecule has 0 aliphatic heterocycles. The summed E-state index contributed by atoms with van der Waals surface area (Å²) in [5.74, 6) is 1.15. The lowest BCUT2D eigenvalue weighted by Crippen LogP contribution is -2.17. The largest absolute Gasteiger partial charge is 0.421 e. The smallest absolute Gasteiger partial charge is 0.247 e. The summed E-state index contributed by atoms with van der Waals surface area (Å²) in [5.41, 5.74) is 7.78. The van der Waals surface area contributed by atoms with Crippen molar-refractivity contribution in [2.24, 2.45) is 5.73 Å². The third-order valence-electron chi connectivity index (χ3n) is 2.34. The van der Waals surface area contributed by atoms with Gasteiger partial charge in [0.25, 0.3) is 0 Å². The van der Waals surface area contributed by atoms with Crippen LogP contribution in [0.4, 0.5) is 0 Å². The van der Waals surface area contributed by atoms with Crippen LogP contribution in [0.1, 0.15) is 18.4 Å². The van der Waals surface area contributed by atoms with Crippen LogP contribution in [-0.4, -0.2) is 16.2 Å². The van der Waals surface area contributed by atoms with Gasteiger partial charge >= 0.3 is 0 Å². The molecule has 2 N–H and O–H groups in total. The molecule has 1 heterocycles. The molecular weight excluding hydrogens is 202 g/mol. The van der Waals surface area contributed by atoms with Gasteiger partial charge in [0.2, 0.25) is 11.8 Å². The second kappa shape index (κ2) is 4.45. The van der Waals surface area contributed by atoms with Crippen molar-refractivity contribution in [1.29, 1.82) is 0 Å². The number of benzene rings is 1. The molecule has 4 nitrogen and oxygen atoms in total. The van der Waals surface area contributed by atoms with Crippen LogP contribution in [0.2, 0.25) is 0 Å². The van der Waals surface area contributed by atoms with Crippen LogP contribution >= 0.6 is 0 Å². The van der Waals surface area contributed by atoms with Gasteiger partial charge in [-0.3, -0.25) is 0 Å². The lowest BCUT2D eigenvalue weighted by atomic mass is 10.1.